The van der Waals surface area contributed by atoms with Crippen molar-refractivity contribution in [3.63, 3.8) is 0 Å². The number of rotatable bonds is 9. The second-order valence-electron chi connectivity index (χ2n) is 8.24. The highest BCUT2D eigenvalue weighted by molar-refractivity contribution is 7.92. The summed E-state index contributed by atoms with van der Waals surface area (Å²) in [6, 6.07) is 11.9. The molecule has 0 spiro atoms. The van der Waals surface area contributed by atoms with E-state index in [1.807, 2.05) is 6.92 Å². The van der Waals surface area contributed by atoms with Gasteiger partial charge in [0, 0.05) is 6.54 Å². The number of benzene rings is 2. The number of likely N-dealkylation sites (tertiary alicyclic amines) is 1. The summed E-state index contributed by atoms with van der Waals surface area (Å²) < 4.78 is 41.9. The summed E-state index contributed by atoms with van der Waals surface area (Å²) in [5, 5.41) is 2.80. The van der Waals surface area contributed by atoms with E-state index in [2.05, 4.69) is 10.2 Å². The molecule has 1 saturated heterocycles. The van der Waals surface area contributed by atoms with Crippen LogP contribution < -0.4 is 9.62 Å². The molecular weight excluding hydrogens is 429 g/mol. The lowest BCUT2D eigenvalue weighted by molar-refractivity contribution is -0.119. The Morgan fingerprint density at radius 3 is 2.34 bits per heavy atom. The quantitative estimate of drug-likeness (QED) is 0.578. The van der Waals surface area contributed by atoms with E-state index in [4.69, 9.17) is 0 Å². The number of amides is 1. The molecule has 3 rings (SSSR count). The maximum atomic E-state index is 14.5. The number of anilines is 1. The lowest BCUT2D eigenvalue weighted by Gasteiger charge is -2.25. The fourth-order valence-corrected chi connectivity index (χ4v) is 5.30. The molecule has 2 aromatic carbocycles. The third-order valence-corrected chi connectivity index (χ3v) is 7.46. The number of carbonyl (C=O) groups is 1. The topological polar surface area (TPSA) is 69.7 Å². The van der Waals surface area contributed by atoms with Gasteiger partial charge in [0.1, 0.15) is 12.4 Å². The number of hydrogen-bond acceptors (Lipinski definition) is 4. The van der Waals surface area contributed by atoms with Crippen LogP contribution in [-0.2, 0) is 14.8 Å². The van der Waals surface area contributed by atoms with Crippen LogP contribution in [0, 0.1) is 12.7 Å². The number of sulfonamides is 1. The Kier molecular flexibility index (Phi) is 8.64. The molecule has 1 aliphatic heterocycles. The van der Waals surface area contributed by atoms with Gasteiger partial charge in [0.05, 0.1) is 10.6 Å². The fourth-order valence-electron chi connectivity index (χ4n) is 3.87. The van der Waals surface area contributed by atoms with Crippen molar-refractivity contribution in [1.29, 1.82) is 0 Å². The van der Waals surface area contributed by atoms with Crippen molar-refractivity contribution in [3.8, 4) is 0 Å². The molecule has 0 radical (unpaired) electrons. The van der Waals surface area contributed by atoms with Gasteiger partial charge in [0.2, 0.25) is 5.91 Å². The summed E-state index contributed by atoms with van der Waals surface area (Å²) in [6.45, 7) is 4.89. The molecule has 0 saturated carbocycles. The van der Waals surface area contributed by atoms with Gasteiger partial charge in [-0.2, -0.15) is 0 Å². The van der Waals surface area contributed by atoms with E-state index < -0.39 is 28.3 Å². The number of hydrogen-bond donors (Lipinski definition) is 1. The number of aryl methyl sites for hydroxylation is 1. The molecule has 1 heterocycles. The minimum Gasteiger partial charge on any atom is -0.354 e. The van der Waals surface area contributed by atoms with E-state index in [9.17, 15) is 17.6 Å². The number of para-hydroxylation sites is 1. The molecule has 0 bridgehead atoms. The first-order valence-corrected chi connectivity index (χ1v) is 12.6. The highest BCUT2D eigenvalue weighted by Crippen LogP contribution is 2.26. The largest absolute Gasteiger partial charge is 0.354 e. The van der Waals surface area contributed by atoms with E-state index in [0.29, 0.717) is 6.54 Å². The predicted octanol–water partition coefficient (Wildman–Crippen LogP) is 3.71. The molecule has 0 aromatic heterocycles. The van der Waals surface area contributed by atoms with Crippen LogP contribution in [-0.4, -0.2) is 51.9 Å². The van der Waals surface area contributed by atoms with Gasteiger partial charge in [0.15, 0.2) is 0 Å². The predicted molar refractivity (Wildman–Crippen MR) is 125 cm³/mol. The minimum atomic E-state index is -4.12. The van der Waals surface area contributed by atoms with Crippen LogP contribution in [0.5, 0.6) is 0 Å². The van der Waals surface area contributed by atoms with Crippen molar-refractivity contribution in [1.82, 2.24) is 10.2 Å². The van der Waals surface area contributed by atoms with Crippen LogP contribution in [0.15, 0.2) is 53.4 Å². The van der Waals surface area contributed by atoms with Gasteiger partial charge in [-0.25, -0.2) is 12.8 Å². The van der Waals surface area contributed by atoms with E-state index >= 15 is 0 Å². The molecule has 6 nitrogen and oxygen atoms in total. The van der Waals surface area contributed by atoms with Crippen LogP contribution in [0.25, 0.3) is 0 Å². The van der Waals surface area contributed by atoms with E-state index in [-0.39, 0.29) is 10.6 Å². The first kappa shape index (κ1) is 24.2. The van der Waals surface area contributed by atoms with Gasteiger partial charge in [-0.1, -0.05) is 42.7 Å². The van der Waals surface area contributed by atoms with Crippen molar-refractivity contribution in [2.75, 3.05) is 37.0 Å². The summed E-state index contributed by atoms with van der Waals surface area (Å²) in [5.74, 6) is -1.16. The van der Waals surface area contributed by atoms with Crippen molar-refractivity contribution >= 4 is 21.6 Å². The van der Waals surface area contributed by atoms with Crippen molar-refractivity contribution in [2.24, 2.45) is 0 Å². The number of nitrogens with one attached hydrogen (secondary N) is 1. The minimum absolute atomic E-state index is 0.0142. The lowest BCUT2D eigenvalue weighted by atomic mass is 10.2. The van der Waals surface area contributed by atoms with Gasteiger partial charge in [-0.15, -0.1) is 0 Å². The van der Waals surface area contributed by atoms with Crippen LogP contribution in [0.2, 0.25) is 0 Å². The molecular formula is C24H32FN3O3S. The zero-order valence-electron chi connectivity index (χ0n) is 18.6. The normalized spacial score (nSPS) is 15.2. The molecule has 0 aliphatic carbocycles. The van der Waals surface area contributed by atoms with Gasteiger partial charge in [-0.05, 0) is 70.1 Å². The van der Waals surface area contributed by atoms with Crippen LogP contribution in [0.4, 0.5) is 10.1 Å². The molecule has 174 valence electrons. The van der Waals surface area contributed by atoms with E-state index in [0.717, 1.165) is 35.9 Å². The third-order valence-electron chi connectivity index (χ3n) is 5.69. The van der Waals surface area contributed by atoms with Gasteiger partial charge in [-0.3, -0.25) is 9.10 Å². The Hall–Kier alpha value is -2.45. The Labute approximate surface area is 190 Å². The highest BCUT2D eigenvalue weighted by atomic mass is 32.2. The Morgan fingerprint density at radius 1 is 1.03 bits per heavy atom. The lowest BCUT2D eigenvalue weighted by Crippen LogP contribution is -2.42. The molecule has 1 amide bonds. The van der Waals surface area contributed by atoms with E-state index in [1.165, 1.54) is 56.0 Å². The maximum Gasteiger partial charge on any atom is 0.264 e. The smallest absolute Gasteiger partial charge is 0.264 e. The third kappa shape index (κ3) is 6.53. The summed E-state index contributed by atoms with van der Waals surface area (Å²) >= 11 is 0. The van der Waals surface area contributed by atoms with Gasteiger partial charge < -0.3 is 10.2 Å². The molecule has 1 N–H and O–H groups in total. The van der Waals surface area contributed by atoms with Crippen LogP contribution >= 0.6 is 0 Å². The molecule has 1 aliphatic rings. The molecule has 0 atom stereocenters. The van der Waals surface area contributed by atoms with Crippen molar-refractivity contribution in [3.05, 3.63) is 59.9 Å². The summed E-state index contributed by atoms with van der Waals surface area (Å²) in [7, 11) is -4.12. The van der Waals surface area contributed by atoms with Gasteiger partial charge in [0.25, 0.3) is 10.0 Å². The highest BCUT2D eigenvalue weighted by Gasteiger charge is 2.29. The first-order chi connectivity index (χ1) is 15.4. The number of nitrogens with zero attached hydrogens (tertiary/aromatic N) is 2. The average Bonchev–Trinajstić information content (AvgIpc) is 3.05. The molecule has 2 aromatic rings. The van der Waals surface area contributed by atoms with Crippen molar-refractivity contribution in [2.45, 2.75) is 43.9 Å². The Balaban J connectivity index is 1.67. The second-order valence-corrected chi connectivity index (χ2v) is 10.1. The SMILES string of the molecule is Cc1ccc(S(=O)(=O)N(CC(=O)NCCCN2CCCCCC2)c2ccccc2F)cc1. The molecule has 8 heteroatoms. The van der Waals surface area contributed by atoms with Crippen LogP contribution in [0.1, 0.15) is 37.7 Å². The Bertz CT molecular complexity index is 988. The number of halogens is 1. The summed E-state index contributed by atoms with van der Waals surface area (Å²) in [4.78, 5) is 15.0. The zero-order valence-corrected chi connectivity index (χ0v) is 19.4. The molecule has 32 heavy (non-hydrogen) atoms. The fraction of sp³-hybridized carbons (Fsp3) is 0.458. The van der Waals surface area contributed by atoms with Gasteiger partial charge >= 0.3 is 0 Å². The standard InChI is InChI=1S/C24H32FN3O3S/c1-20-11-13-21(14-12-20)32(30,31)28(23-10-5-4-9-22(23)25)19-24(29)26-15-8-18-27-16-6-2-3-7-17-27/h4-5,9-14H,2-3,6-8,15-19H2,1H3,(H,26,29). The number of carbonyl (C=O) groups excluding carboxylic acids is 1. The monoisotopic (exact) mass is 461 g/mol. The second kappa shape index (κ2) is 11.4. The first-order valence-electron chi connectivity index (χ1n) is 11.2. The average molecular weight is 462 g/mol. The summed E-state index contributed by atoms with van der Waals surface area (Å²) in [6.07, 6.45) is 5.75. The summed E-state index contributed by atoms with van der Waals surface area (Å²) in [5.41, 5.74) is 0.760. The molecule has 1 fully saturated rings. The Morgan fingerprint density at radius 2 is 1.69 bits per heavy atom. The maximum absolute atomic E-state index is 14.5. The van der Waals surface area contributed by atoms with Crippen molar-refractivity contribution < 1.29 is 17.6 Å². The molecule has 0 unspecified atom stereocenters. The van der Waals surface area contributed by atoms with E-state index in [1.54, 1.807) is 18.2 Å². The zero-order chi connectivity index (χ0) is 23.0. The van der Waals surface area contributed by atoms with Crippen LogP contribution in [0.3, 0.4) is 0 Å².